The highest BCUT2D eigenvalue weighted by Crippen LogP contribution is 2.21. The van der Waals surface area contributed by atoms with Crippen LogP contribution in [-0.2, 0) is 18.9 Å². The van der Waals surface area contributed by atoms with E-state index in [1.165, 1.54) is 57.8 Å². The molecule has 0 aromatic rings. The fraction of sp³-hybridized carbons (Fsp3) is 1.00. The van der Waals surface area contributed by atoms with Gasteiger partial charge in [0.1, 0.15) is 0 Å². The molecule has 0 fully saturated rings. The summed E-state index contributed by atoms with van der Waals surface area (Å²) in [5.41, 5.74) is 0. The maximum atomic E-state index is 5.53. The Labute approximate surface area is 137 Å². The van der Waals surface area contributed by atoms with E-state index in [1.54, 1.807) is 21.3 Å². The summed E-state index contributed by atoms with van der Waals surface area (Å²) in [7, 11) is 6.71. The van der Waals surface area contributed by atoms with Crippen molar-refractivity contribution in [1.29, 1.82) is 0 Å². The van der Waals surface area contributed by atoms with Crippen molar-refractivity contribution in [2.24, 2.45) is 0 Å². The van der Waals surface area contributed by atoms with Crippen LogP contribution in [0.4, 0.5) is 0 Å². The summed E-state index contributed by atoms with van der Waals surface area (Å²) in [5.74, 6) is -0.856. The first-order valence-corrected chi connectivity index (χ1v) is 8.86. The van der Waals surface area contributed by atoms with E-state index in [0.717, 1.165) is 12.8 Å². The molecular weight excluding hydrogens is 280 g/mol. The van der Waals surface area contributed by atoms with Crippen LogP contribution in [0.1, 0.15) is 77.6 Å². The highest BCUT2D eigenvalue weighted by molar-refractivity contribution is 4.59. The molecule has 0 aliphatic rings. The van der Waals surface area contributed by atoms with Gasteiger partial charge in [-0.25, -0.2) is 0 Å². The molecule has 0 aliphatic heterocycles. The van der Waals surface area contributed by atoms with Gasteiger partial charge in [-0.3, -0.25) is 0 Å². The fourth-order valence-electron chi connectivity index (χ4n) is 2.79. The monoisotopic (exact) mass is 318 g/mol. The van der Waals surface area contributed by atoms with Crippen molar-refractivity contribution in [2.75, 3.05) is 28.4 Å². The summed E-state index contributed by atoms with van der Waals surface area (Å²) >= 11 is 0. The highest BCUT2D eigenvalue weighted by atomic mass is 16.9. The third-order valence-corrected chi connectivity index (χ3v) is 4.41. The van der Waals surface area contributed by atoms with Crippen molar-refractivity contribution >= 4 is 0 Å². The second kappa shape index (κ2) is 14.4. The second-order valence-corrected chi connectivity index (χ2v) is 5.96. The predicted molar refractivity (Wildman–Crippen MR) is 91.0 cm³/mol. The van der Waals surface area contributed by atoms with Crippen LogP contribution >= 0.6 is 0 Å². The Balaban J connectivity index is 3.53. The summed E-state index contributed by atoms with van der Waals surface area (Å²) in [6.07, 6.45) is 13.6. The van der Waals surface area contributed by atoms with Gasteiger partial charge in [-0.05, 0) is 19.3 Å². The first-order chi connectivity index (χ1) is 10.7. The third-order valence-electron chi connectivity index (χ3n) is 4.41. The lowest BCUT2D eigenvalue weighted by Crippen LogP contribution is -2.35. The van der Waals surface area contributed by atoms with E-state index >= 15 is 0 Å². The summed E-state index contributed by atoms with van der Waals surface area (Å²) in [5, 5.41) is 0. The minimum absolute atomic E-state index is 0.464. The minimum Gasteiger partial charge on any atom is -0.381 e. The Kier molecular flexibility index (Phi) is 14.3. The van der Waals surface area contributed by atoms with Crippen molar-refractivity contribution in [1.82, 2.24) is 0 Å². The van der Waals surface area contributed by atoms with Crippen LogP contribution < -0.4 is 0 Å². The SMILES string of the molecule is CCCCC(CCCCCCCCC(OC)(OC)OC)OC. The summed E-state index contributed by atoms with van der Waals surface area (Å²) in [4.78, 5) is 0. The van der Waals surface area contributed by atoms with Crippen LogP contribution in [0.2, 0.25) is 0 Å². The number of unbranched alkanes of at least 4 members (excludes halogenated alkanes) is 6. The molecular formula is C18H38O4. The van der Waals surface area contributed by atoms with Gasteiger partial charge in [-0.15, -0.1) is 0 Å². The molecule has 4 nitrogen and oxygen atoms in total. The van der Waals surface area contributed by atoms with Gasteiger partial charge >= 0.3 is 0 Å². The second-order valence-electron chi connectivity index (χ2n) is 5.96. The summed E-state index contributed by atoms with van der Waals surface area (Å²) in [6.45, 7) is 2.23. The first-order valence-electron chi connectivity index (χ1n) is 8.86. The topological polar surface area (TPSA) is 36.9 Å². The lowest BCUT2D eigenvalue weighted by atomic mass is 10.0. The number of rotatable bonds is 16. The Morgan fingerprint density at radius 2 is 1.18 bits per heavy atom. The predicted octanol–water partition coefficient (Wildman–Crippen LogP) is 4.91. The van der Waals surface area contributed by atoms with E-state index in [9.17, 15) is 0 Å². The Morgan fingerprint density at radius 1 is 0.682 bits per heavy atom. The fourth-order valence-corrected chi connectivity index (χ4v) is 2.79. The number of ether oxygens (including phenoxy) is 4. The van der Waals surface area contributed by atoms with E-state index in [0.29, 0.717) is 6.10 Å². The lowest BCUT2D eigenvalue weighted by Gasteiger charge is -2.28. The lowest BCUT2D eigenvalue weighted by molar-refractivity contribution is -0.355. The zero-order valence-corrected chi connectivity index (χ0v) is 15.5. The van der Waals surface area contributed by atoms with Crippen molar-refractivity contribution < 1.29 is 18.9 Å². The number of hydrogen-bond donors (Lipinski definition) is 0. The molecule has 0 N–H and O–H groups in total. The molecule has 0 aliphatic carbocycles. The molecule has 0 heterocycles. The molecule has 0 rings (SSSR count). The van der Waals surface area contributed by atoms with Crippen molar-refractivity contribution in [2.45, 2.75) is 89.6 Å². The largest absolute Gasteiger partial charge is 0.381 e. The van der Waals surface area contributed by atoms with Crippen LogP contribution in [0.5, 0.6) is 0 Å². The molecule has 0 aromatic heterocycles. The van der Waals surface area contributed by atoms with E-state index in [4.69, 9.17) is 18.9 Å². The molecule has 0 radical (unpaired) electrons. The molecule has 134 valence electrons. The van der Waals surface area contributed by atoms with Gasteiger partial charge in [0.2, 0.25) is 0 Å². The van der Waals surface area contributed by atoms with Crippen molar-refractivity contribution in [3.63, 3.8) is 0 Å². The van der Waals surface area contributed by atoms with Crippen LogP contribution in [0, 0.1) is 0 Å². The van der Waals surface area contributed by atoms with E-state index in [2.05, 4.69) is 6.92 Å². The molecule has 0 bridgehead atoms. The van der Waals surface area contributed by atoms with Gasteiger partial charge in [0, 0.05) is 34.9 Å². The minimum atomic E-state index is -0.856. The average molecular weight is 318 g/mol. The van der Waals surface area contributed by atoms with Gasteiger partial charge in [-0.1, -0.05) is 51.9 Å². The standard InChI is InChI=1S/C18H38O4/c1-6-7-14-17(19-2)15-12-10-8-9-11-13-16-18(20-3,21-4)22-5/h17H,6-16H2,1-5H3. The zero-order chi connectivity index (χ0) is 16.7. The maximum absolute atomic E-state index is 5.53. The Morgan fingerprint density at radius 3 is 1.68 bits per heavy atom. The molecule has 0 saturated carbocycles. The zero-order valence-electron chi connectivity index (χ0n) is 15.5. The van der Waals surface area contributed by atoms with Gasteiger partial charge in [0.15, 0.2) is 0 Å². The molecule has 1 unspecified atom stereocenters. The molecule has 22 heavy (non-hydrogen) atoms. The van der Waals surface area contributed by atoms with Crippen LogP contribution in [0.3, 0.4) is 0 Å². The smallest absolute Gasteiger partial charge is 0.282 e. The van der Waals surface area contributed by atoms with Gasteiger partial charge in [0.05, 0.1) is 6.10 Å². The number of methoxy groups -OCH3 is 4. The van der Waals surface area contributed by atoms with Gasteiger partial charge in [0.25, 0.3) is 5.97 Å². The van der Waals surface area contributed by atoms with Gasteiger partial charge in [-0.2, -0.15) is 0 Å². The molecule has 0 saturated heterocycles. The van der Waals surface area contributed by atoms with Gasteiger partial charge < -0.3 is 18.9 Å². The summed E-state index contributed by atoms with van der Waals surface area (Å²) < 4.78 is 21.4. The van der Waals surface area contributed by atoms with Crippen molar-refractivity contribution in [3.05, 3.63) is 0 Å². The van der Waals surface area contributed by atoms with E-state index < -0.39 is 5.97 Å². The van der Waals surface area contributed by atoms with E-state index in [-0.39, 0.29) is 0 Å². The molecule has 0 amide bonds. The molecule has 4 heteroatoms. The molecule has 0 aromatic carbocycles. The van der Waals surface area contributed by atoms with Crippen LogP contribution in [0.15, 0.2) is 0 Å². The Bertz CT molecular complexity index is 221. The molecule has 0 spiro atoms. The van der Waals surface area contributed by atoms with Crippen LogP contribution in [0.25, 0.3) is 0 Å². The quantitative estimate of drug-likeness (QED) is 0.299. The van der Waals surface area contributed by atoms with E-state index in [1.807, 2.05) is 7.11 Å². The normalized spacial score (nSPS) is 13.5. The Hall–Kier alpha value is -0.160. The average Bonchev–Trinajstić information content (AvgIpc) is 2.57. The maximum Gasteiger partial charge on any atom is 0.282 e. The highest BCUT2D eigenvalue weighted by Gasteiger charge is 2.28. The molecule has 1 atom stereocenters. The number of hydrogen-bond acceptors (Lipinski definition) is 4. The first kappa shape index (κ1) is 21.8. The van der Waals surface area contributed by atoms with Crippen molar-refractivity contribution in [3.8, 4) is 0 Å². The summed E-state index contributed by atoms with van der Waals surface area (Å²) in [6, 6.07) is 0. The van der Waals surface area contributed by atoms with Crippen LogP contribution in [-0.4, -0.2) is 40.5 Å². The third kappa shape index (κ3) is 9.78.